The Morgan fingerprint density at radius 3 is 2.42 bits per heavy atom. The highest BCUT2D eigenvalue weighted by molar-refractivity contribution is 7.09. The fourth-order valence-corrected chi connectivity index (χ4v) is 4.39. The molecule has 1 aliphatic rings. The molecular weight excluding hydrogens is 252 g/mol. The molecule has 2 nitrogen and oxygen atoms in total. The standard InChI is InChI=1S/C16H28N2S/c1-17-15(13-14-9-8-12-19-14)16(18(2)3)10-6-4-5-7-11-16/h8-9,12,15,17H,4-7,10-11,13H2,1-3H3. The summed E-state index contributed by atoms with van der Waals surface area (Å²) in [6.07, 6.45) is 9.39. The molecule has 0 spiro atoms. The third-order valence-electron chi connectivity index (χ3n) is 4.84. The molecule has 0 radical (unpaired) electrons. The lowest BCUT2D eigenvalue weighted by Gasteiger charge is -2.46. The van der Waals surface area contributed by atoms with Crippen LogP contribution in [0.25, 0.3) is 0 Å². The van der Waals surface area contributed by atoms with Crippen molar-refractivity contribution in [1.82, 2.24) is 10.2 Å². The summed E-state index contributed by atoms with van der Waals surface area (Å²) in [6, 6.07) is 5.00. The number of likely N-dealkylation sites (N-methyl/N-ethyl adjacent to an activating group) is 2. The average molecular weight is 280 g/mol. The van der Waals surface area contributed by atoms with E-state index in [4.69, 9.17) is 0 Å². The summed E-state index contributed by atoms with van der Waals surface area (Å²) in [7, 11) is 6.67. The van der Waals surface area contributed by atoms with Gasteiger partial charge in [-0.15, -0.1) is 11.3 Å². The zero-order chi connectivity index (χ0) is 13.7. The van der Waals surface area contributed by atoms with Crippen molar-refractivity contribution in [3.8, 4) is 0 Å². The molecule has 1 aromatic heterocycles. The third kappa shape index (κ3) is 3.39. The molecule has 0 bridgehead atoms. The topological polar surface area (TPSA) is 15.3 Å². The number of nitrogens with one attached hydrogen (secondary N) is 1. The molecular formula is C16H28N2S. The first kappa shape index (κ1) is 15.0. The Hall–Kier alpha value is -0.380. The maximum atomic E-state index is 3.62. The van der Waals surface area contributed by atoms with Crippen molar-refractivity contribution in [2.45, 2.75) is 56.5 Å². The van der Waals surface area contributed by atoms with Gasteiger partial charge in [-0.1, -0.05) is 31.7 Å². The molecule has 0 amide bonds. The second-order valence-corrected chi connectivity index (χ2v) is 7.07. The highest BCUT2D eigenvalue weighted by Crippen LogP contribution is 2.35. The summed E-state index contributed by atoms with van der Waals surface area (Å²) >= 11 is 1.89. The van der Waals surface area contributed by atoms with Crippen LogP contribution in [0.3, 0.4) is 0 Å². The van der Waals surface area contributed by atoms with Crippen molar-refractivity contribution >= 4 is 11.3 Å². The number of rotatable bonds is 5. The molecule has 2 rings (SSSR count). The van der Waals surface area contributed by atoms with Crippen LogP contribution in [-0.4, -0.2) is 37.6 Å². The maximum Gasteiger partial charge on any atom is 0.0359 e. The van der Waals surface area contributed by atoms with E-state index in [1.165, 1.54) is 43.4 Å². The second-order valence-electron chi connectivity index (χ2n) is 6.04. The van der Waals surface area contributed by atoms with Crippen molar-refractivity contribution in [1.29, 1.82) is 0 Å². The van der Waals surface area contributed by atoms with Crippen LogP contribution in [0.2, 0.25) is 0 Å². The van der Waals surface area contributed by atoms with E-state index in [1.54, 1.807) is 0 Å². The number of hydrogen-bond acceptors (Lipinski definition) is 3. The normalized spacial score (nSPS) is 21.3. The van der Waals surface area contributed by atoms with Gasteiger partial charge in [-0.2, -0.15) is 0 Å². The van der Waals surface area contributed by atoms with Crippen LogP contribution < -0.4 is 5.32 Å². The number of hydrogen-bond donors (Lipinski definition) is 1. The van der Waals surface area contributed by atoms with Gasteiger partial charge < -0.3 is 10.2 Å². The van der Waals surface area contributed by atoms with Crippen LogP contribution in [0.4, 0.5) is 0 Å². The quantitative estimate of drug-likeness (QED) is 0.830. The van der Waals surface area contributed by atoms with Crippen LogP contribution in [-0.2, 0) is 6.42 Å². The van der Waals surface area contributed by atoms with Gasteiger partial charge in [-0.3, -0.25) is 0 Å². The minimum atomic E-state index is 0.329. The Kier molecular flexibility index (Phi) is 5.43. The molecule has 1 fully saturated rings. The van der Waals surface area contributed by atoms with Crippen LogP contribution in [0.5, 0.6) is 0 Å². The van der Waals surface area contributed by atoms with E-state index < -0.39 is 0 Å². The summed E-state index contributed by atoms with van der Waals surface area (Å²) in [5, 5.41) is 5.82. The molecule has 108 valence electrons. The van der Waals surface area contributed by atoms with Crippen LogP contribution in [0, 0.1) is 0 Å². The van der Waals surface area contributed by atoms with Gasteiger partial charge in [0.1, 0.15) is 0 Å². The highest BCUT2D eigenvalue weighted by atomic mass is 32.1. The van der Waals surface area contributed by atoms with Crippen LogP contribution in [0.15, 0.2) is 17.5 Å². The predicted molar refractivity (Wildman–Crippen MR) is 85.0 cm³/mol. The molecule has 1 unspecified atom stereocenters. The largest absolute Gasteiger partial charge is 0.315 e. The minimum absolute atomic E-state index is 0.329. The summed E-state index contributed by atoms with van der Waals surface area (Å²) in [5.41, 5.74) is 0.329. The van der Waals surface area contributed by atoms with E-state index in [-0.39, 0.29) is 0 Å². The van der Waals surface area contributed by atoms with Crippen molar-refractivity contribution in [3.63, 3.8) is 0 Å². The first-order valence-corrected chi connectivity index (χ1v) is 8.44. The van der Waals surface area contributed by atoms with Gasteiger partial charge in [0.15, 0.2) is 0 Å². The predicted octanol–water partition coefficient (Wildman–Crippen LogP) is 3.53. The second kappa shape index (κ2) is 6.87. The van der Waals surface area contributed by atoms with E-state index in [2.05, 4.69) is 48.9 Å². The number of thiophene rings is 1. The molecule has 0 aliphatic heterocycles. The van der Waals surface area contributed by atoms with Gasteiger partial charge in [-0.05, 0) is 51.9 Å². The van der Waals surface area contributed by atoms with Gasteiger partial charge >= 0.3 is 0 Å². The Balaban J connectivity index is 2.18. The van der Waals surface area contributed by atoms with Gasteiger partial charge in [0.05, 0.1) is 0 Å². The summed E-state index contributed by atoms with van der Waals surface area (Å²) < 4.78 is 0. The first-order valence-electron chi connectivity index (χ1n) is 7.56. The molecule has 1 heterocycles. The van der Waals surface area contributed by atoms with E-state index in [0.29, 0.717) is 11.6 Å². The van der Waals surface area contributed by atoms with Crippen molar-refractivity contribution in [3.05, 3.63) is 22.4 Å². The molecule has 1 aliphatic carbocycles. The zero-order valence-corrected chi connectivity index (χ0v) is 13.4. The van der Waals surface area contributed by atoms with Crippen molar-refractivity contribution < 1.29 is 0 Å². The molecule has 1 atom stereocenters. The molecule has 1 N–H and O–H groups in total. The molecule has 3 heteroatoms. The fourth-order valence-electron chi connectivity index (χ4n) is 3.64. The van der Waals surface area contributed by atoms with Gasteiger partial charge in [0.2, 0.25) is 0 Å². The zero-order valence-electron chi connectivity index (χ0n) is 12.6. The van der Waals surface area contributed by atoms with Crippen LogP contribution in [0.1, 0.15) is 43.4 Å². The molecule has 1 saturated carbocycles. The SMILES string of the molecule is CNC(Cc1cccs1)C1(N(C)C)CCCCCC1. The Morgan fingerprint density at radius 2 is 1.95 bits per heavy atom. The third-order valence-corrected chi connectivity index (χ3v) is 5.74. The van der Waals surface area contributed by atoms with Gasteiger partial charge in [-0.25, -0.2) is 0 Å². The van der Waals surface area contributed by atoms with Crippen molar-refractivity contribution in [2.24, 2.45) is 0 Å². The average Bonchev–Trinajstić information content (AvgIpc) is 2.78. The molecule has 0 saturated heterocycles. The molecule has 1 aromatic rings. The van der Waals surface area contributed by atoms with Crippen LogP contribution >= 0.6 is 11.3 Å². The summed E-state index contributed by atoms with van der Waals surface area (Å²) in [6.45, 7) is 0. The highest BCUT2D eigenvalue weighted by Gasteiger charge is 2.40. The maximum absolute atomic E-state index is 3.62. The first-order chi connectivity index (χ1) is 9.19. The lowest BCUT2D eigenvalue weighted by Crippen LogP contribution is -2.59. The fraction of sp³-hybridized carbons (Fsp3) is 0.750. The smallest absolute Gasteiger partial charge is 0.0359 e. The molecule has 19 heavy (non-hydrogen) atoms. The van der Waals surface area contributed by atoms with E-state index in [1.807, 2.05) is 11.3 Å². The molecule has 0 aromatic carbocycles. The summed E-state index contributed by atoms with van der Waals surface area (Å²) in [5.74, 6) is 0. The number of nitrogens with zero attached hydrogens (tertiary/aromatic N) is 1. The van der Waals surface area contributed by atoms with E-state index in [9.17, 15) is 0 Å². The van der Waals surface area contributed by atoms with Gasteiger partial charge in [0, 0.05) is 16.5 Å². The van der Waals surface area contributed by atoms with E-state index in [0.717, 1.165) is 6.42 Å². The van der Waals surface area contributed by atoms with E-state index >= 15 is 0 Å². The Morgan fingerprint density at radius 1 is 1.26 bits per heavy atom. The van der Waals surface area contributed by atoms with Gasteiger partial charge in [0.25, 0.3) is 0 Å². The van der Waals surface area contributed by atoms with Crippen molar-refractivity contribution in [2.75, 3.05) is 21.1 Å². The Labute approximate surface area is 122 Å². The lowest BCUT2D eigenvalue weighted by atomic mass is 9.79. The lowest BCUT2D eigenvalue weighted by molar-refractivity contribution is 0.0839. The Bertz CT molecular complexity index is 351. The minimum Gasteiger partial charge on any atom is -0.315 e. The summed E-state index contributed by atoms with van der Waals surface area (Å²) in [4.78, 5) is 4.00. The monoisotopic (exact) mass is 280 g/mol.